The van der Waals surface area contributed by atoms with Crippen LogP contribution in [0.25, 0.3) is 11.8 Å². The minimum absolute atomic E-state index is 0.0566. The van der Waals surface area contributed by atoms with E-state index in [0.717, 1.165) is 60.2 Å². The van der Waals surface area contributed by atoms with Gasteiger partial charge in [0, 0.05) is 29.1 Å². The maximum absolute atomic E-state index is 14.6. The Labute approximate surface area is 188 Å². The summed E-state index contributed by atoms with van der Waals surface area (Å²) in [5.41, 5.74) is 5.66. The van der Waals surface area contributed by atoms with Gasteiger partial charge in [-0.15, -0.1) is 0 Å². The number of halogens is 1. The predicted molar refractivity (Wildman–Crippen MR) is 124 cm³/mol. The topological polar surface area (TPSA) is 38.1 Å². The van der Waals surface area contributed by atoms with Gasteiger partial charge in [0.25, 0.3) is 5.91 Å². The molecule has 5 rings (SSSR count). The third kappa shape index (κ3) is 3.77. The molecule has 0 aliphatic carbocycles. The lowest BCUT2D eigenvalue weighted by atomic mass is 9.83. The number of rotatable bonds is 3. The summed E-state index contributed by atoms with van der Waals surface area (Å²) in [6.07, 6.45) is 10.4. The molecule has 3 heterocycles. The second-order valence-corrected chi connectivity index (χ2v) is 9.01. The van der Waals surface area contributed by atoms with E-state index in [9.17, 15) is 9.18 Å². The van der Waals surface area contributed by atoms with E-state index in [2.05, 4.69) is 30.1 Å². The number of hydrogen-bond acceptors (Lipinski definition) is 2. The molecule has 0 bridgehead atoms. The number of benzene rings is 2. The number of carbonyl (C=O) groups is 1. The zero-order chi connectivity index (χ0) is 22.2. The SMILES string of the molecule is Cc1cn(-c2ccc(/C=C3\CC[C@H]4CCC[C@@H](c5ccccc5F)N4C3=O)cc2C)cn1. The third-order valence-corrected chi connectivity index (χ3v) is 6.82. The van der Waals surface area contributed by atoms with Crippen molar-refractivity contribution in [1.29, 1.82) is 0 Å². The number of amides is 1. The van der Waals surface area contributed by atoms with Gasteiger partial charge in [0.1, 0.15) is 5.82 Å². The molecule has 1 amide bonds. The molecule has 2 aromatic carbocycles. The van der Waals surface area contributed by atoms with Crippen molar-refractivity contribution in [3.8, 4) is 5.69 Å². The molecule has 2 aliphatic heterocycles. The maximum Gasteiger partial charge on any atom is 0.250 e. The zero-order valence-electron chi connectivity index (χ0n) is 18.6. The van der Waals surface area contributed by atoms with Crippen LogP contribution in [0.4, 0.5) is 4.39 Å². The van der Waals surface area contributed by atoms with Crippen molar-refractivity contribution >= 4 is 12.0 Å². The Kier molecular flexibility index (Phi) is 5.41. The minimum Gasteiger partial charge on any atom is -0.329 e. The van der Waals surface area contributed by atoms with E-state index < -0.39 is 0 Å². The van der Waals surface area contributed by atoms with Gasteiger partial charge in [0.05, 0.1) is 18.1 Å². The second-order valence-electron chi connectivity index (χ2n) is 9.01. The summed E-state index contributed by atoms with van der Waals surface area (Å²) in [7, 11) is 0. The van der Waals surface area contributed by atoms with Crippen molar-refractivity contribution in [3.63, 3.8) is 0 Å². The van der Waals surface area contributed by atoms with Crippen molar-refractivity contribution < 1.29 is 9.18 Å². The van der Waals surface area contributed by atoms with Gasteiger partial charge in [0.2, 0.25) is 0 Å². The molecule has 3 aromatic rings. The molecule has 32 heavy (non-hydrogen) atoms. The van der Waals surface area contributed by atoms with Gasteiger partial charge in [-0.25, -0.2) is 9.37 Å². The number of carbonyl (C=O) groups excluding carboxylic acids is 1. The first kappa shape index (κ1) is 20.7. The minimum atomic E-state index is -0.219. The number of nitrogens with zero attached hydrogens (tertiary/aromatic N) is 3. The summed E-state index contributed by atoms with van der Waals surface area (Å²) in [6, 6.07) is 13.1. The van der Waals surface area contributed by atoms with E-state index in [4.69, 9.17) is 0 Å². The van der Waals surface area contributed by atoms with Crippen molar-refractivity contribution in [2.24, 2.45) is 0 Å². The van der Waals surface area contributed by atoms with E-state index >= 15 is 0 Å². The molecule has 0 spiro atoms. The average molecular weight is 430 g/mol. The van der Waals surface area contributed by atoms with Crippen LogP contribution in [0, 0.1) is 19.7 Å². The molecule has 2 aliphatic rings. The summed E-state index contributed by atoms with van der Waals surface area (Å²) in [5.74, 6) is -0.163. The molecule has 0 radical (unpaired) electrons. The van der Waals surface area contributed by atoms with E-state index in [1.165, 1.54) is 6.07 Å². The smallest absolute Gasteiger partial charge is 0.250 e. The first-order valence-electron chi connectivity index (χ1n) is 11.4. The quantitative estimate of drug-likeness (QED) is 0.484. The summed E-state index contributed by atoms with van der Waals surface area (Å²) < 4.78 is 16.6. The Morgan fingerprint density at radius 3 is 2.69 bits per heavy atom. The molecule has 4 nitrogen and oxygen atoms in total. The van der Waals surface area contributed by atoms with E-state index in [-0.39, 0.29) is 23.8 Å². The molecule has 2 saturated heterocycles. The van der Waals surface area contributed by atoms with Gasteiger partial charge in [-0.3, -0.25) is 4.79 Å². The summed E-state index contributed by atoms with van der Waals surface area (Å²) in [4.78, 5) is 19.8. The van der Waals surface area contributed by atoms with Gasteiger partial charge in [-0.1, -0.05) is 24.3 Å². The fourth-order valence-electron chi connectivity index (χ4n) is 5.26. The van der Waals surface area contributed by atoms with Gasteiger partial charge in [0.15, 0.2) is 0 Å². The van der Waals surface area contributed by atoms with Crippen LogP contribution in [0.3, 0.4) is 0 Å². The van der Waals surface area contributed by atoms with Gasteiger partial charge in [-0.2, -0.15) is 0 Å². The molecule has 0 unspecified atom stereocenters. The lowest BCUT2D eigenvalue weighted by Crippen LogP contribution is -2.49. The molecule has 5 heteroatoms. The fourth-order valence-corrected chi connectivity index (χ4v) is 5.26. The first-order chi connectivity index (χ1) is 15.5. The van der Waals surface area contributed by atoms with Crippen LogP contribution in [0.2, 0.25) is 0 Å². The van der Waals surface area contributed by atoms with Crippen LogP contribution in [0.5, 0.6) is 0 Å². The number of hydrogen-bond donors (Lipinski definition) is 0. The molecule has 1 aromatic heterocycles. The number of fused-ring (bicyclic) bond motifs is 1. The number of imidazole rings is 1. The summed E-state index contributed by atoms with van der Waals surface area (Å²) >= 11 is 0. The largest absolute Gasteiger partial charge is 0.329 e. The highest BCUT2D eigenvalue weighted by Gasteiger charge is 2.40. The van der Waals surface area contributed by atoms with Gasteiger partial charge < -0.3 is 9.47 Å². The average Bonchev–Trinajstić information content (AvgIpc) is 3.22. The highest BCUT2D eigenvalue weighted by molar-refractivity contribution is 5.99. The van der Waals surface area contributed by atoms with Crippen molar-refractivity contribution in [3.05, 3.63) is 88.8 Å². The predicted octanol–water partition coefficient (Wildman–Crippen LogP) is 5.93. The van der Waals surface area contributed by atoms with Gasteiger partial charge in [-0.05, 0) is 81.4 Å². The molecule has 0 N–H and O–H groups in total. The molecule has 2 atom stereocenters. The molecule has 164 valence electrons. The number of aromatic nitrogens is 2. The Balaban J connectivity index is 1.44. The standard InChI is InChI=1S/C27H28FN3O/c1-18-14-20(10-13-25(18)30-16-19(2)29-17-30)15-21-11-12-22-6-5-9-26(31(22)27(21)32)23-7-3-4-8-24(23)28/h3-4,7-8,10,13-17,22,26H,5-6,9,11-12H2,1-2H3/b21-15+/t22-,26+/m1/s1. The molecule has 2 fully saturated rings. The zero-order valence-corrected chi connectivity index (χ0v) is 18.6. The molecule has 0 saturated carbocycles. The van der Waals surface area contributed by atoms with Crippen LogP contribution in [0.1, 0.15) is 60.5 Å². The lowest BCUT2D eigenvalue weighted by Gasteiger charge is -2.46. The van der Waals surface area contributed by atoms with Crippen LogP contribution in [-0.4, -0.2) is 26.4 Å². The highest BCUT2D eigenvalue weighted by atomic mass is 19.1. The van der Waals surface area contributed by atoms with E-state index in [1.807, 2.05) is 47.1 Å². The van der Waals surface area contributed by atoms with E-state index in [1.54, 1.807) is 6.07 Å². The van der Waals surface area contributed by atoms with Crippen LogP contribution in [-0.2, 0) is 4.79 Å². The van der Waals surface area contributed by atoms with Crippen LogP contribution >= 0.6 is 0 Å². The van der Waals surface area contributed by atoms with Gasteiger partial charge >= 0.3 is 0 Å². The highest BCUT2D eigenvalue weighted by Crippen LogP contribution is 2.41. The first-order valence-corrected chi connectivity index (χ1v) is 11.4. The maximum atomic E-state index is 14.6. The van der Waals surface area contributed by atoms with Crippen molar-refractivity contribution in [2.45, 2.75) is 58.0 Å². The fraction of sp³-hybridized carbons (Fsp3) is 0.333. The van der Waals surface area contributed by atoms with Crippen molar-refractivity contribution in [2.75, 3.05) is 0 Å². The molecular weight excluding hydrogens is 401 g/mol. The van der Waals surface area contributed by atoms with E-state index in [0.29, 0.717) is 5.56 Å². The third-order valence-electron chi connectivity index (χ3n) is 6.82. The number of aryl methyl sites for hydroxylation is 2. The van der Waals surface area contributed by atoms with Crippen molar-refractivity contribution in [1.82, 2.24) is 14.5 Å². The summed E-state index contributed by atoms with van der Waals surface area (Å²) in [5, 5.41) is 0. The normalized spacial score (nSPS) is 22.3. The monoisotopic (exact) mass is 429 g/mol. The Hall–Kier alpha value is -3.21. The van der Waals surface area contributed by atoms with Crippen LogP contribution in [0.15, 0.2) is 60.6 Å². The lowest BCUT2D eigenvalue weighted by molar-refractivity contribution is -0.136. The Morgan fingerprint density at radius 1 is 1.09 bits per heavy atom. The number of piperidine rings is 2. The molecular formula is C27H28FN3O. The Bertz CT molecular complexity index is 1200. The summed E-state index contributed by atoms with van der Waals surface area (Å²) in [6.45, 7) is 4.05. The second kappa shape index (κ2) is 8.38. The van der Waals surface area contributed by atoms with Crippen LogP contribution < -0.4 is 0 Å². The Morgan fingerprint density at radius 2 is 1.94 bits per heavy atom.